The van der Waals surface area contributed by atoms with Crippen molar-refractivity contribution in [1.29, 1.82) is 0 Å². The molecule has 0 aliphatic carbocycles. The van der Waals surface area contributed by atoms with Crippen molar-refractivity contribution in [2.45, 2.75) is 6.18 Å². The number of thiol groups is 1. The predicted octanol–water partition coefficient (Wildman–Crippen LogP) is 6.04. The van der Waals surface area contributed by atoms with Crippen molar-refractivity contribution in [3.63, 3.8) is 0 Å². The van der Waals surface area contributed by atoms with Gasteiger partial charge < -0.3 is 0 Å². The molecule has 3 aromatic rings. The lowest BCUT2D eigenvalue weighted by atomic mass is 10.0. The van der Waals surface area contributed by atoms with Gasteiger partial charge in [0.25, 0.3) is 5.91 Å². The predicted molar refractivity (Wildman–Crippen MR) is 116 cm³/mol. The smallest absolute Gasteiger partial charge is 0.296 e. The standard InChI is InChI=1S/C23H17F3N2OS/c24-23(25,26)21-11-9-18(10-12-21)17-5-7-19(8-6-17)22(29)28-30-14-13-16-3-1-2-4-20(16)15-27-30/h1-15,30H,(H,28,29). The van der Waals surface area contributed by atoms with Crippen molar-refractivity contribution in [2.75, 3.05) is 0 Å². The lowest BCUT2D eigenvalue weighted by Gasteiger charge is -2.14. The minimum atomic E-state index is -4.36. The van der Waals surface area contributed by atoms with Gasteiger partial charge in [-0.2, -0.15) is 13.2 Å². The summed E-state index contributed by atoms with van der Waals surface area (Å²) >= 11 is -1.19. The third-order valence-electron chi connectivity index (χ3n) is 4.62. The average Bonchev–Trinajstić information content (AvgIpc) is 2.96. The van der Waals surface area contributed by atoms with Crippen LogP contribution in [-0.2, 0) is 6.18 Å². The van der Waals surface area contributed by atoms with E-state index in [0.717, 1.165) is 28.8 Å². The second-order valence-corrected chi connectivity index (χ2v) is 8.07. The summed E-state index contributed by atoms with van der Waals surface area (Å²) in [7, 11) is 0. The molecule has 0 radical (unpaired) electrons. The summed E-state index contributed by atoms with van der Waals surface area (Å²) in [6, 6.07) is 19.5. The van der Waals surface area contributed by atoms with Crippen LogP contribution in [0.3, 0.4) is 0 Å². The second kappa shape index (κ2) is 8.20. The maximum absolute atomic E-state index is 12.7. The lowest BCUT2D eigenvalue weighted by molar-refractivity contribution is -0.137. The summed E-state index contributed by atoms with van der Waals surface area (Å²) < 4.78 is 45.5. The maximum Gasteiger partial charge on any atom is 0.416 e. The first kappa shape index (κ1) is 20.0. The Morgan fingerprint density at radius 3 is 2.07 bits per heavy atom. The maximum atomic E-state index is 12.7. The third-order valence-corrected chi connectivity index (χ3v) is 5.85. The van der Waals surface area contributed by atoms with Crippen molar-refractivity contribution < 1.29 is 18.0 Å². The number of benzene rings is 3. The molecule has 0 bridgehead atoms. The van der Waals surface area contributed by atoms with Gasteiger partial charge >= 0.3 is 6.18 Å². The van der Waals surface area contributed by atoms with Crippen LogP contribution in [0.1, 0.15) is 27.0 Å². The molecular formula is C23H17F3N2OS. The fourth-order valence-corrected chi connectivity index (χ4v) is 4.09. The van der Waals surface area contributed by atoms with E-state index in [2.05, 4.69) is 9.12 Å². The molecule has 1 amide bonds. The Labute approximate surface area is 174 Å². The van der Waals surface area contributed by atoms with E-state index in [4.69, 9.17) is 0 Å². The number of carbonyl (C=O) groups excluding carboxylic acids is 1. The molecule has 152 valence electrons. The highest BCUT2D eigenvalue weighted by Gasteiger charge is 2.29. The van der Waals surface area contributed by atoms with Gasteiger partial charge in [-0.05, 0) is 52.4 Å². The van der Waals surface area contributed by atoms with Gasteiger partial charge in [0.05, 0.1) is 5.56 Å². The number of hydrogen-bond acceptors (Lipinski definition) is 2. The average molecular weight is 426 g/mol. The summed E-state index contributed by atoms with van der Waals surface area (Å²) in [6.45, 7) is 0. The van der Waals surface area contributed by atoms with Crippen molar-refractivity contribution >= 4 is 29.5 Å². The molecule has 1 unspecified atom stereocenters. The topological polar surface area (TPSA) is 41.5 Å². The first-order chi connectivity index (χ1) is 14.4. The van der Waals surface area contributed by atoms with E-state index in [-0.39, 0.29) is 5.91 Å². The quantitative estimate of drug-likeness (QED) is 0.493. The number of hydrogen-bond donors (Lipinski definition) is 2. The van der Waals surface area contributed by atoms with E-state index in [9.17, 15) is 18.0 Å². The molecule has 0 aromatic heterocycles. The number of carbonyl (C=O) groups is 1. The first-order valence-corrected chi connectivity index (χ1v) is 10.5. The number of amides is 1. The van der Waals surface area contributed by atoms with Crippen LogP contribution in [0.25, 0.3) is 17.2 Å². The molecule has 1 aliphatic heterocycles. The summed E-state index contributed by atoms with van der Waals surface area (Å²) in [5.74, 6) is -0.257. The van der Waals surface area contributed by atoms with Crippen LogP contribution < -0.4 is 4.72 Å². The molecule has 0 saturated carbocycles. The highest BCUT2D eigenvalue weighted by molar-refractivity contribution is 8.17. The Balaban J connectivity index is 1.45. The van der Waals surface area contributed by atoms with Crippen LogP contribution in [0.2, 0.25) is 0 Å². The van der Waals surface area contributed by atoms with Gasteiger partial charge in [0.2, 0.25) is 0 Å². The first-order valence-electron chi connectivity index (χ1n) is 9.09. The van der Waals surface area contributed by atoms with Crippen LogP contribution in [0, 0.1) is 0 Å². The van der Waals surface area contributed by atoms with Crippen molar-refractivity contribution in [3.8, 4) is 11.1 Å². The second-order valence-electron chi connectivity index (χ2n) is 6.63. The number of nitrogens with zero attached hydrogens (tertiary/aromatic N) is 1. The third kappa shape index (κ3) is 4.46. The molecule has 1 atom stereocenters. The van der Waals surface area contributed by atoms with E-state index >= 15 is 0 Å². The Kier molecular flexibility index (Phi) is 5.46. The van der Waals surface area contributed by atoms with Crippen LogP contribution >= 0.6 is 11.3 Å². The number of rotatable bonds is 3. The van der Waals surface area contributed by atoms with Crippen LogP contribution in [0.5, 0.6) is 0 Å². The Morgan fingerprint density at radius 2 is 1.43 bits per heavy atom. The molecular weight excluding hydrogens is 409 g/mol. The zero-order valence-electron chi connectivity index (χ0n) is 15.6. The van der Waals surface area contributed by atoms with Gasteiger partial charge in [0.15, 0.2) is 0 Å². The zero-order valence-corrected chi connectivity index (χ0v) is 16.5. The molecule has 3 aromatic carbocycles. The Morgan fingerprint density at radius 1 is 0.833 bits per heavy atom. The van der Waals surface area contributed by atoms with Crippen LogP contribution in [-0.4, -0.2) is 12.1 Å². The highest BCUT2D eigenvalue weighted by Crippen LogP contribution is 2.32. The van der Waals surface area contributed by atoms with Crippen LogP contribution in [0.4, 0.5) is 13.2 Å². The lowest BCUT2D eigenvalue weighted by Crippen LogP contribution is -2.18. The van der Waals surface area contributed by atoms with Gasteiger partial charge in [0.1, 0.15) is 0 Å². The SMILES string of the molecule is O=C(N[SH]1C=Cc2ccccc2C=N1)c1ccc(-c2ccc(C(F)(F)F)cc2)cc1. The molecule has 4 rings (SSSR count). The Bertz CT molecular complexity index is 1090. The largest absolute Gasteiger partial charge is 0.416 e. The van der Waals surface area contributed by atoms with E-state index in [1.165, 1.54) is 12.1 Å². The number of halogens is 3. The fourth-order valence-electron chi connectivity index (χ4n) is 2.99. The molecule has 1 aliphatic rings. The van der Waals surface area contributed by atoms with Gasteiger partial charge in [-0.15, -0.1) is 0 Å². The zero-order chi connectivity index (χ0) is 21.1. The molecule has 0 saturated heterocycles. The number of fused-ring (bicyclic) bond motifs is 1. The van der Waals surface area contributed by atoms with Gasteiger partial charge in [-0.1, -0.05) is 59.8 Å². The minimum absolute atomic E-state index is 0.257. The summed E-state index contributed by atoms with van der Waals surface area (Å²) in [4.78, 5) is 12.6. The van der Waals surface area contributed by atoms with Crippen molar-refractivity contribution in [2.24, 2.45) is 4.40 Å². The van der Waals surface area contributed by atoms with E-state index in [1.54, 1.807) is 30.5 Å². The minimum Gasteiger partial charge on any atom is -0.296 e. The van der Waals surface area contributed by atoms with Crippen molar-refractivity contribution in [1.82, 2.24) is 4.72 Å². The fraction of sp³-hybridized carbons (Fsp3) is 0.0435. The van der Waals surface area contributed by atoms with Gasteiger partial charge in [-0.3, -0.25) is 9.52 Å². The van der Waals surface area contributed by atoms with E-state index < -0.39 is 23.0 Å². The molecule has 1 heterocycles. The normalized spacial score (nSPS) is 16.6. The number of nitrogens with one attached hydrogen (secondary N) is 1. The molecule has 30 heavy (non-hydrogen) atoms. The van der Waals surface area contributed by atoms with Gasteiger partial charge in [0, 0.05) is 17.3 Å². The van der Waals surface area contributed by atoms with Crippen LogP contribution in [0.15, 0.2) is 82.6 Å². The molecule has 1 N–H and O–H groups in total. The summed E-state index contributed by atoms with van der Waals surface area (Å²) in [6.07, 6.45) is -0.657. The van der Waals surface area contributed by atoms with E-state index in [0.29, 0.717) is 11.1 Å². The van der Waals surface area contributed by atoms with Gasteiger partial charge in [-0.25, -0.2) is 4.40 Å². The monoisotopic (exact) mass is 426 g/mol. The highest BCUT2D eigenvalue weighted by atomic mass is 32.2. The summed E-state index contributed by atoms with van der Waals surface area (Å²) in [5.41, 5.74) is 3.18. The van der Waals surface area contributed by atoms with E-state index in [1.807, 2.05) is 35.7 Å². The summed E-state index contributed by atoms with van der Waals surface area (Å²) in [5, 5.41) is 1.88. The van der Waals surface area contributed by atoms with Crippen molar-refractivity contribution in [3.05, 3.63) is 100 Å². The molecule has 0 fully saturated rings. The number of alkyl halides is 3. The molecule has 3 nitrogen and oxygen atoms in total. The molecule has 0 spiro atoms. The molecule has 7 heteroatoms. The Hall–Kier alpha value is -3.32.